The number of aromatic nitrogens is 1. The van der Waals surface area contributed by atoms with Gasteiger partial charge in [-0.2, -0.15) is 5.26 Å². The van der Waals surface area contributed by atoms with Crippen LogP contribution in [0, 0.1) is 16.7 Å². The molecule has 0 aliphatic heterocycles. The van der Waals surface area contributed by atoms with E-state index in [1.165, 1.54) is 16.8 Å². The molecule has 21 heavy (non-hydrogen) atoms. The van der Waals surface area contributed by atoms with Crippen LogP contribution < -0.4 is 22.7 Å². The third-order valence-corrected chi connectivity index (χ3v) is 3.01. The number of nitriles is 1. The van der Waals surface area contributed by atoms with Crippen molar-refractivity contribution in [2.45, 2.75) is 6.54 Å². The maximum Gasteiger partial charge on any atom is 0.252 e. The lowest BCUT2D eigenvalue weighted by molar-refractivity contribution is 0.0998. The van der Waals surface area contributed by atoms with E-state index in [2.05, 4.69) is 6.07 Å². The van der Waals surface area contributed by atoms with Crippen molar-refractivity contribution in [1.29, 1.82) is 10.7 Å². The van der Waals surface area contributed by atoms with Crippen molar-refractivity contribution >= 4 is 17.3 Å². The first kappa shape index (κ1) is 14.1. The molecule has 1 heterocycles. The highest BCUT2D eigenvalue weighted by Gasteiger charge is 2.10. The van der Waals surface area contributed by atoms with Crippen LogP contribution in [0.5, 0.6) is 0 Å². The van der Waals surface area contributed by atoms with Gasteiger partial charge in [0, 0.05) is 17.6 Å². The normalized spacial score (nSPS) is 10.0. The molecule has 0 fully saturated rings. The summed E-state index contributed by atoms with van der Waals surface area (Å²) in [5.41, 5.74) is 18.5. The van der Waals surface area contributed by atoms with Crippen LogP contribution in [0.3, 0.4) is 0 Å². The fraction of sp³-hybridized carbons (Fsp3) is 0.0714. The number of nitrogens with zero attached hydrogens (tertiary/aromatic N) is 2. The maximum absolute atomic E-state index is 11.3. The van der Waals surface area contributed by atoms with E-state index >= 15 is 0 Å². The number of nitrogen functional groups attached to an aromatic ring is 2. The van der Waals surface area contributed by atoms with Gasteiger partial charge in [0.1, 0.15) is 5.49 Å². The quantitative estimate of drug-likeness (QED) is 0.593. The summed E-state index contributed by atoms with van der Waals surface area (Å²) in [6, 6.07) is 8.30. The first-order valence-corrected chi connectivity index (χ1v) is 6.05. The predicted octanol–water partition coefficient (Wildman–Crippen LogP) is 0.151. The fourth-order valence-corrected chi connectivity index (χ4v) is 2.02. The second-order valence-corrected chi connectivity index (χ2v) is 4.56. The second kappa shape index (κ2) is 5.38. The van der Waals surface area contributed by atoms with Gasteiger partial charge < -0.3 is 21.8 Å². The Balaban J connectivity index is 2.55. The number of carbonyl (C=O) groups is 1. The third-order valence-electron chi connectivity index (χ3n) is 3.01. The Bertz CT molecular complexity index is 815. The molecule has 2 aromatic rings. The lowest BCUT2D eigenvalue weighted by Crippen LogP contribution is -2.30. The molecule has 1 aromatic heterocycles. The van der Waals surface area contributed by atoms with Crippen molar-refractivity contribution in [1.82, 2.24) is 4.57 Å². The summed E-state index contributed by atoms with van der Waals surface area (Å²) >= 11 is 0. The summed E-state index contributed by atoms with van der Waals surface area (Å²) in [5.74, 6) is -0.728. The SMILES string of the molecule is N#Cc1ccc(N)cc1Cn1cc(N)cc(C(N)=O)c1=N. The molecule has 106 valence electrons. The van der Waals surface area contributed by atoms with Gasteiger partial charge in [-0.05, 0) is 29.8 Å². The van der Waals surface area contributed by atoms with Crippen LogP contribution in [0.2, 0.25) is 0 Å². The van der Waals surface area contributed by atoms with E-state index in [9.17, 15) is 4.79 Å². The van der Waals surface area contributed by atoms with Crippen molar-refractivity contribution in [3.05, 3.63) is 52.6 Å². The van der Waals surface area contributed by atoms with Crippen molar-refractivity contribution in [3.8, 4) is 6.07 Å². The van der Waals surface area contributed by atoms with Crippen LogP contribution in [0.15, 0.2) is 30.5 Å². The number of hydrogen-bond donors (Lipinski definition) is 4. The maximum atomic E-state index is 11.3. The first-order chi connectivity index (χ1) is 9.92. The molecular formula is C14H14N6O. The molecule has 0 saturated carbocycles. The second-order valence-electron chi connectivity index (χ2n) is 4.56. The van der Waals surface area contributed by atoms with Crippen LogP contribution in [0.1, 0.15) is 21.5 Å². The Labute approximate surface area is 120 Å². The molecule has 0 unspecified atom stereocenters. The van der Waals surface area contributed by atoms with Gasteiger partial charge in [-0.1, -0.05) is 0 Å². The molecule has 2 rings (SSSR count). The molecular weight excluding hydrogens is 268 g/mol. The summed E-state index contributed by atoms with van der Waals surface area (Å²) in [7, 11) is 0. The van der Waals surface area contributed by atoms with Crippen molar-refractivity contribution in [2.75, 3.05) is 11.5 Å². The van der Waals surface area contributed by atoms with Gasteiger partial charge in [0.05, 0.1) is 23.7 Å². The van der Waals surface area contributed by atoms with Crippen molar-refractivity contribution < 1.29 is 4.79 Å². The van der Waals surface area contributed by atoms with Gasteiger partial charge >= 0.3 is 0 Å². The third kappa shape index (κ3) is 2.84. The highest BCUT2D eigenvalue weighted by molar-refractivity contribution is 5.93. The summed E-state index contributed by atoms with van der Waals surface area (Å²) in [6.07, 6.45) is 1.51. The van der Waals surface area contributed by atoms with Gasteiger partial charge in [0.15, 0.2) is 0 Å². The Hall–Kier alpha value is -3.27. The monoisotopic (exact) mass is 282 g/mol. The average molecular weight is 282 g/mol. The number of hydrogen-bond acceptors (Lipinski definition) is 5. The van der Waals surface area contributed by atoms with E-state index in [-0.39, 0.29) is 17.6 Å². The van der Waals surface area contributed by atoms with E-state index in [4.69, 9.17) is 27.9 Å². The van der Waals surface area contributed by atoms with Gasteiger partial charge in [-0.25, -0.2) is 0 Å². The van der Waals surface area contributed by atoms with Crippen LogP contribution in [-0.4, -0.2) is 10.5 Å². The number of carbonyl (C=O) groups excluding carboxylic acids is 1. The first-order valence-electron chi connectivity index (χ1n) is 6.05. The van der Waals surface area contributed by atoms with E-state index in [1.54, 1.807) is 18.2 Å². The number of primary amides is 1. The smallest absolute Gasteiger partial charge is 0.252 e. The number of pyridine rings is 1. The van der Waals surface area contributed by atoms with E-state index in [0.29, 0.717) is 22.5 Å². The van der Waals surface area contributed by atoms with Crippen LogP contribution in [0.4, 0.5) is 11.4 Å². The van der Waals surface area contributed by atoms with E-state index < -0.39 is 5.91 Å². The molecule has 7 nitrogen and oxygen atoms in total. The highest BCUT2D eigenvalue weighted by Crippen LogP contribution is 2.14. The van der Waals surface area contributed by atoms with Crippen molar-refractivity contribution in [2.24, 2.45) is 5.73 Å². The Kier molecular flexibility index (Phi) is 3.63. The Morgan fingerprint density at radius 3 is 2.62 bits per heavy atom. The van der Waals surface area contributed by atoms with E-state index in [1.807, 2.05) is 0 Å². The molecule has 0 radical (unpaired) electrons. The molecule has 0 bridgehead atoms. The van der Waals surface area contributed by atoms with E-state index in [0.717, 1.165) is 0 Å². The Morgan fingerprint density at radius 2 is 2.00 bits per heavy atom. The van der Waals surface area contributed by atoms with Crippen molar-refractivity contribution in [3.63, 3.8) is 0 Å². The Morgan fingerprint density at radius 1 is 1.29 bits per heavy atom. The molecule has 7 N–H and O–H groups in total. The fourth-order valence-electron chi connectivity index (χ4n) is 2.02. The summed E-state index contributed by atoms with van der Waals surface area (Å²) in [6.45, 7) is 0.193. The summed E-state index contributed by atoms with van der Waals surface area (Å²) < 4.78 is 1.45. The predicted molar refractivity (Wildman–Crippen MR) is 77.9 cm³/mol. The number of benzene rings is 1. The number of rotatable bonds is 3. The zero-order valence-corrected chi connectivity index (χ0v) is 11.1. The molecule has 1 aromatic carbocycles. The lowest BCUT2D eigenvalue weighted by Gasteiger charge is -2.12. The minimum absolute atomic E-state index is 0.0254. The van der Waals surface area contributed by atoms with Gasteiger partial charge in [0.2, 0.25) is 0 Å². The molecule has 0 aliphatic rings. The topological polar surface area (TPSA) is 148 Å². The standard InChI is InChI=1S/C14H14N6O/c15-5-8-1-2-10(16)3-9(8)6-20-7-11(17)4-12(13(20)18)14(19)21/h1-4,7,18H,6,16-17H2,(H2,19,21). The molecule has 0 aliphatic carbocycles. The zero-order valence-electron chi connectivity index (χ0n) is 11.1. The summed E-state index contributed by atoms with van der Waals surface area (Å²) in [4.78, 5) is 11.3. The minimum atomic E-state index is -0.728. The number of nitrogens with one attached hydrogen (secondary N) is 1. The van der Waals surface area contributed by atoms with Gasteiger partial charge in [0.25, 0.3) is 5.91 Å². The highest BCUT2D eigenvalue weighted by atomic mass is 16.1. The summed E-state index contributed by atoms with van der Waals surface area (Å²) in [5, 5.41) is 17.1. The molecule has 0 spiro atoms. The average Bonchev–Trinajstić information content (AvgIpc) is 2.42. The van der Waals surface area contributed by atoms with Gasteiger partial charge in [-0.15, -0.1) is 0 Å². The van der Waals surface area contributed by atoms with Crippen LogP contribution >= 0.6 is 0 Å². The molecule has 1 amide bonds. The minimum Gasteiger partial charge on any atom is -0.399 e. The largest absolute Gasteiger partial charge is 0.399 e. The molecule has 7 heteroatoms. The number of amides is 1. The number of nitrogens with two attached hydrogens (primary N) is 3. The molecule has 0 atom stereocenters. The van der Waals surface area contributed by atoms with Crippen LogP contribution in [-0.2, 0) is 6.54 Å². The van der Waals surface area contributed by atoms with Crippen LogP contribution in [0.25, 0.3) is 0 Å². The van der Waals surface area contributed by atoms with Gasteiger partial charge in [-0.3, -0.25) is 10.2 Å². The lowest BCUT2D eigenvalue weighted by atomic mass is 10.1. The number of anilines is 2. The molecule has 0 saturated heterocycles. The zero-order chi connectivity index (χ0) is 15.6.